The summed E-state index contributed by atoms with van der Waals surface area (Å²) in [7, 11) is 0. The van der Waals surface area contributed by atoms with Crippen LogP contribution in [0.15, 0.2) is 54.9 Å². The Labute approximate surface area is 265 Å². The molecule has 13 heteroatoms. The number of aromatic nitrogens is 5. The Morgan fingerprint density at radius 3 is 2.47 bits per heavy atom. The standard InChI is InChI=1S/C34H30F6N6O/c1-15(2)22-5-4-18(13-42-22)21-12-24-23(6-7-41-24)44-30(21)25(10-17-8-19(35)11-20(36)9-17)43-26(47)14-46-32-28(31(45-46)33(37)38)27-16(3)29(27)34(32,39)40/h4-9,11-13,15-16,25,27,29,33,41H,10,14H2,1-3H3,(H,43,47)/t16?,25-,27?,29?/m0/s1. The van der Waals surface area contributed by atoms with Crippen LogP contribution < -0.4 is 5.32 Å². The Hall–Kier alpha value is -4.68. The van der Waals surface area contributed by atoms with Crippen LogP contribution in [0.1, 0.15) is 79.0 Å². The number of hydrogen-bond acceptors (Lipinski definition) is 4. The minimum absolute atomic E-state index is 0.134. The number of alkyl halides is 4. The third-order valence-electron chi connectivity index (χ3n) is 9.24. The topological polar surface area (TPSA) is 88.5 Å². The first-order valence-corrected chi connectivity index (χ1v) is 15.3. The fourth-order valence-corrected chi connectivity index (χ4v) is 7.02. The van der Waals surface area contributed by atoms with E-state index in [2.05, 4.69) is 20.4 Å². The monoisotopic (exact) mass is 652 g/mol. The van der Waals surface area contributed by atoms with Crippen LogP contribution in [0.2, 0.25) is 0 Å². The van der Waals surface area contributed by atoms with Crippen molar-refractivity contribution in [3.8, 4) is 11.1 Å². The molecule has 1 saturated carbocycles. The van der Waals surface area contributed by atoms with Gasteiger partial charge in [-0.1, -0.05) is 26.8 Å². The SMILES string of the molecule is CC(C)c1ccc(-c2cc3[nH]ccc3nc2[C@H](Cc2cc(F)cc(F)c2)NC(=O)Cn2nc(C(F)F)c3c2C(F)(F)C2C(C)C32)cn1. The third-order valence-corrected chi connectivity index (χ3v) is 9.24. The van der Waals surface area contributed by atoms with Crippen molar-refractivity contribution >= 4 is 16.9 Å². The Balaban J connectivity index is 1.29. The number of halogens is 6. The number of aromatic amines is 1. The summed E-state index contributed by atoms with van der Waals surface area (Å²) < 4.78 is 88.0. The van der Waals surface area contributed by atoms with Gasteiger partial charge in [-0.05, 0) is 54.2 Å². The van der Waals surface area contributed by atoms with E-state index < -0.39 is 71.6 Å². The fraction of sp³-hybridized carbons (Fsp3) is 0.353. The van der Waals surface area contributed by atoms with Gasteiger partial charge in [0, 0.05) is 52.7 Å². The number of nitrogens with one attached hydrogen (secondary N) is 2. The maximum absolute atomic E-state index is 15.4. The van der Waals surface area contributed by atoms with Gasteiger partial charge in [-0.25, -0.2) is 22.5 Å². The minimum atomic E-state index is -3.43. The van der Waals surface area contributed by atoms with E-state index >= 15 is 8.78 Å². The van der Waals surface area contributed by atoms with Crippen molar-refractivity contribution in [1.29, 1.82) is 0 Å². The molecule has 2 aliphatic carbocycles. The van der Waals surface area contributed by atoms with E-state index in [-0.39, 0.29) is 23.5 Å². The van der Waals surface area contributed by atoms with Crippen LogP contribution in [0.5, 0.6) is 0 Å². The number of benzene rings is 1. The third kappa shape index (κ3) is 5.35. The molecule has 244 valence electrons. The van der Waals surface area contributed by atoms with E-state index in [9.17, 15) is 22.4 Å². The van der Waals surface area contributed by atoms with Gasteiger partial charge in [0.15, 0.2) is 0 Å². The Bertz CT molecular complexity index is 1980. The second-order valence-corrected chi connectivity index (χ2v) is 12.7. The van der Waals surface area contributed by atoms with Gasteiger partial charge in [0.1, 0.15) is 29.6 Å². The van der Waals surface area contributed by atoms with Crippen molar-refractivity contribution in [2.75, 3.05) is 0 Å². The van der Waals surface area contributed by atoms with Gasteiger partial charge >= 0.3 is 0 Å². The van der Waals surface area contributed by atoms with E-state index in [4.69, 9.17) is 4.98 Å². The zero-order chi connectivity index (χ0) is 33.4. The molecule has 4 atom stereocenters. The molecule has 2 N–H and O–H groups in total. The molecule has 4 aromatic heterocycles. The van der Waals surface area contributed by atoms with Crippen molar-refractivity contribution < 1.29 is 31.1 Å². The zero-order valence-corrected chi connectivity index (χ0v) is 25.5. The molecule has 5 aromatic rings. The molecule has 0 saturated heterocycles. The number of amides is 1. The average molecular weight is 653 g/mol. The summed E-state index contributed by atoms with van der Waals surface area (Å²) in [6.07, 6.45) is 0.122. The molecule has 47 heavy (non-hydrogen) atoms. The summed E-state index contributed by atoms with van der Waals surface area (Å²) in [6, 6.07) is 9.19. The quantitative estimate of drug-likeness (QED) is 0.160. The number of pyridine rings is 2. The summed E-state index contributed by atoms with van der Waals surface area (Å²) in [6.45, 7) is 4.81. The lowest BCUT2D eigenvalue weighted by molar-refractivity contribution is -0.123. The molecule has 7 rings (SSSR count). The van der Waals surface area contributed by atoms with Gasteiger partial charge in [-0.15, -0.1) is 0 Å². The lowest BCUT2D eigenvalue weighted by Gasteiger charge is -2.23. The first-order valence-electron chi connectivity index (χ1n) is 15.3. The molecular formula is C34H30F6N6O. The van der Waals surface area contributed by atoms with Crippen LogP contribution in [-0.2, 0) is 23.7 Å². The molecule has 4 heterocycles. The predicted molar refractivity (Wildman–Crippen MR) is 161 cm³/mol. The number of carbonyl (C=O) groups excluding carboxylic acids is 1. The van der Waals surface area contributed by atoms with Crippen LogP contribution in [-0.4, -0.2) is 30.6 Å². The number of rotatable bonds is 9. The van der Waals surface area contributed by atoms with Gasteiger partial charge < -0.3 is 10.3 Å². The molecule has 1 fully saturated rings. The fourth-order valence-electron chi connectivity index (χ4n) is 7.02. The van der Waals surface area contributed by atoms with Gasteiger partial charge in [-0.3, -0.25) is 14.5 Å². The highest BCUT2D eigenvalue weighted by Gasteiger charge is 2.71. The highest BCUT2D eigenvalue weighted by atomic mass is 19.3. The molecule has 0 bridgehead atoms. The highest BCUT2D eigenvalue weighted by molar-refractivity contribution is 5.83. The second-order valence-electron chi connectivity index (χ2n) is 12.7. The van der Waals surface area contributed by atoms with Crippen LogP contribution in [0.3, 0.4) is 0 Å². The van der Waals surface area contributed by atoms with Crippen LogP contribution in [0, 0.1) is 23.5 Å². The van der Waals surface area contributed by atoms with Crippen LogP contribution >= 0.6 is 0 Å². The lowest BCUT2D eigenvalue weighted by atomic mass is 9.95. The predicted octanol–water partition coefficient (Wildman–Crippen LogP) is 7.72. The highest BCUT2D eigenvalue weighted by Crippen LogP contribution is 2.71. The van der Waals surface area contributed by atoms with E-state index in [1.54, 1.807) is 25.4 Å². The molecule has 0 spiro atoms. The van der Waals surface area contributed by atoms with Gasteiger partial charge in [0.25, 0.3) is 12.3 Å². The largest absolute Gasteiger partial charge is 0.360 e. The van der Waals surface area contributed by atoms with Crippen molar-refractivity contribution in [2.45, 2.75) is 64.0 Å². The van der Waals surface area contributed by atoms with E-state index in [0.29, 0.717) is 32.5 Å². The summed E-state index contributed by atoms with van der Waals surface area (Å²) in [4.78, 5) is 26.1. The number of carbonyl (C=O) groups is 1. The first-order chi connectivity index (χ1) is 22.3. The molecule has 2 aliphatic rings. The second kappa shape index (κ2) is 11.2. The number of hydrogen-bond donors (Lipinski definition) is 2. The summed E-state index contributed by atoms with van der Waals surface area (Å²) in [5.74, 6) is -8.07. The molecular weight excluding hydrogens is 622 g/mol. The Morgan fingerprint density at radius 2 is 1.81 bits per heavy atom. The molecule has 0 aliphatic heterocycles. The van der Waals surface area contributed by atoms with Crippen molar-refractivity contribution in [1.82, 2.24) is 30.0 Å². The van der Waals surface area contributed by atoms with Crippen LogP contribution in [0.4, 0.5) is 26.3 Å². The summed E-state index contributed by atoms with van der Waals surface area (Å²) in [5.41, 5.74) is 2.23. The average Bonchev–Trinajstić information content (AvgIpc) is 3.28. The van der Waals surface area contributed by atoms with Crippen molar-refractivity contribution in [2.24, 2.45) is 11.8 Å². The van der Waals surface area contributed by atoms with E-state index in [1.807, 2.05) is 32.0 Å². The maximum atomic E-state index is 15.4. The van der Waals surface area contributed by atoms with Gasteiger partial charge in [-0.2, -0.15) is 13.9 Å². The molecule has 1 aromatic carbocycles. The van der Waals surface area contributed by atoms with Crippen molar-refractivity contribution in [3.63, 3.8) is 0 Å². The number of H-pyrrole nitrogens is 1. The molecule has 7 nitrogen and oxygen atoms in total. The Morgan fingerprint density at radius 1 is 1.06 bits per heavy atom. The first kappa shape index (κ1) is 30.9. The van der Waals surface area contributed by atoms with Crippen molar-refractivity contribution in [3.05, 3.63) is 100 Å². The van der Waals surface area contributed by atoms with Gasteiger partial charge in [0.2, 0.25) is 5.91 Å². The summed E-state index contributed by atoms with van der Waals surface area (Å²) in [5, 5.41) is 6.57. The molecule has 3 unspecified atom stereocenters. The normalized spacial score (nSPS) is 20.1. The van der Waals surface area contributed by atoms with E-state index in [0.717, 1.165) is 23.9 Å². The number of fused-ring (bicyclic) bond motifs is 4. The Kier molecular flexibility index (Phi) is 7.40. The van der Waals surface area contributed by atoms with Gasteiger partial charge in [0.05, 0.1) is 22.8 Å². The maximum Gasteiger partial charge on any atom is 0.293 e. The smallest absolute Gasteiger partial charge is 0.293 e. The molecule has 0 radical (unpaired) electrons. The lowest BCUT2D eigenvalue weighted by Crippen LogP contribution is -2.35. The molecule has 1 amide bonds. The van der Waals surface area contributed by atoms with E-state index in [1.165, 1.54) is 0 Å². The number of nitrogens with zero attached hydrogens (tertiary/aromatic N) is 4. The van der Waals surface area contributed by atoms with Crippen LogP contribution in [0.25, 0.3) is 22.2 Å². The minimum Gasteiger partial charge on any atom is -0.360 e. The summed E-state index contributed by atoms with van der Waals surface area (Å²) >= 11 is 0. The zero-order valence-electron chi connectivity index (χ0n) is 25.5.